The third-order valence-electron chi connectivity index (χ3n) is 3.40. The van der Waals surface area contributed by atoms with Gasteiger partial charge in [-0.15, -0.1) is 0 Å². The van der Waals surface area contributed by atoms with Crippen molar-refractivity contribution in [2.24, 2.45) is 0 Å². The van der Waals surface area contributed by atoms with Gasteiger partial charge in [0.05, 0.1) is 23.5 Å². The van der Waals surface area contributed by atoms with Gasteiger partial charge in [0, 0.05) is 11.0 Å². The molecule has 1 unspecified atom stereocenters. The molecule has 0 aliphatic rings. The minimum Gasteiger partial charge on any atom is -0.379 e. The van der Waals surface area contributed by atoms with E-state index in [9.17, 15) is 5.11 Å². The molecule has 0 aliphatic heterocycles. The van der Waals surface area contributed by atoms with Gasteiger partial charge in [0.15, 0.2) is 0 Å². The highest BCUT2D eigenvalue weighted by Crippen LogP contribution is 2.34. The second-order valence-electron chi connectivity index (χ2n) is 5.45. The van der Waals surface area contributed by atoms with Gasteiger partial charge in [-0.1, -0.05) is 39.7 Å². The summed E-state index contributed by atoms with van der Waals surface area (Å²) in [6.07, 6.45) is 1.58. The summed E-state index contributed by atoms with van der Waals surface area (Å²) in [5.74, 6) is 0. The Morgan fingerprint density at radius 1 is 1.43 bits per heavy atom. The van der Waals surface area contributed by atoms with Crippen LogP contribution in [0.2, 0.25) is 5.02 Å². The number of benzene rings is 1. The van der Waals surface area contributed by atoms with Gasteiger partial charge in [-0.3, -0.25) is 4.68 Å². The normalized spacial score (nSPS) is 14.4. The molecule has 1 atom stereocenters. The molecule has 0 amide bonds. The monoisotopic (exact) mass is 371 g/mol. The fourth-order valence-corrected chi connectivity index (χ4v) is 2.96. The molecule has 1 aromatic carbocycles. The number of rotatable bonds is 5. The molecule has 2 rings (SSSR count). The molecule has 1 heterocycles. The largest absolute Gasteiger partial charge is 0.379 e. The minimum atomic E-state index is -1.20. The summed E-state index contributed by atoms with van der Waals surface area (Å²) in [6.45, 7) is 3.22. The van der Waals surface area contributed by atoms with Crippen LogP contribution >= 0.6 is 27.5 Å². The van der Waals surface area contributed by atoms with Crippen LogP contribution in [-0.4, -0.2) is 40.4 Å². The van der Waals surface area contributed by atoms with E-state index in [4.69, 9.17) is 11.6 Å². The second kappa shape index (κ2) is 6.48. The van der Waals surface area contributed by atoms with E-state index in [1.807, 2.05) is 38.4 Å². The van der Waals surface area contributed by atoms with Crippen molar-refractivity contribution in [2.45, 2.75) is 19.1 Å². The van der Waals surface area contributed by atoms with E-state index in [0.717, 1.165) is 16.6 Å². The highest BCUT2D eigenvalue weighted by molar-refractivity contribution is 9.10. The quantitative estimate of drug-likeness (QED) is 0.877. The zero-order chi connectivity index (χ0) is 15.6. The van der Waals surface area contributed by atoms with Gasteiger partial charge in [0.2, 0.25) is 0 Å². The molecule has 21 heavy (non-hydrogen) atoms. The van der Waals surface area contributed by atoms with Crippen LogP contribution < -0.4 is 0 Å². The molecule has 4 nitrogen and oxygen atoms in total. The molecule has 0 bridgehead atoms. The zero-order valence-corrected chi connectivity index (χ0v) is 14.7. The molecule has 0 radical (unpaired) electrons. The van der Waals surface area contributed by atoms with Crippen molar-refractivity contribution in [3.8, 4) is 0 Å². The van der Waals surface area contributed by atoms with E-state index >= 15 is 0 Å². The van der Waals surface area contributed by atoms with Crippen LogP contribution in [0.4, 0.5) is 0 Å². The van der Waals surface area contributed by atoms with E-state index in [0.29, 0.717) is 17.3 Å². The van der Waals surface area contributed by atoms with Crippen LogP contribution in [0.1, 0.15) is 18.2 Å². The molecule has 114 valence electrons. The highest BCUT2D eigenvalue weighted by Gasteiger charge is 2.32. The van der Waals surface area contributed by atoms with Crippen LogP contribution in [-0.2, 0) is 12.1 Å². The molecule has 2 aromatic rings. The molecular weight excluding hydrogens is 354 g/mol. The van der Waals surface area contributed by atoms with E-state index in [2.05, 4.69) is 25.9 Å². The Balaban J connectivity index is 2.42. The van der Waals surface area contributed by atoms with E-state index < -0.39 is 5.60 Å². The predicted molar refractivity (Wildman–Crippen MR) is 88.6 cm³/mol. The van der Waals surface area contributed by atoms with Crippen molar-refractivity contribution in [3.63, 3.8) is 0 Å². The van der Waals surface area contributed by atoms with E-state index in [-0.39, 0.29) is 0 Å². The first-order valence-electron chi connectivity index (χ1n) is 6.67. The highest BCUT2D eigenvalue weighted by atomic mass is 79.9. The summed E-state index contributed by atoms with van der Waals surface area (Å²) in [6, 6.07) is 7.58. The SMILES string of the molecule is CN(C)CCn1ncc(Cl)c1C(C)(O)c1cccc(Br)c1. The second-order valence-corrected chi connectivity index (χ2v) is 6.77. The van der Waals surface area contributed by atoms with Gasteiger partial charge >= 0.3 is 0 Å². The first kappa shape index (κ1) is 16.5. The topological polar surface area (TPSA) is 41.3 Å². The average Bonchev–Trinajstić information content (AvgIpc) is 2.78. The molecule has 0 spiro atoms. The number of hydrogen-bond acceptors (Lipinski definition) is 3. The number of aliphatic hydroxyl groups is 1. The lowest BCUT2D eigenvalue weighted by atomic mass is 9.92. The maximum absolute atomic E-state index is 11.0. The molecule has 0 aliphatic carbocycles. The van der Waals surface area contributed by atoms with Gasteiger partial charge in [0.1, 0.15) is 5.60 Å². The smallest absolute Gasteiger partial charge is 0.130 e. The molecule has 0 saturated carbocycles. The minimum absolute atomic E-state index is 0.471. The maximum atomic E-state index is 11.0. The van der Waals surface area contributed by atoms with Crippen molar-refractivity contribution >= 4 is 27.5 Å². The summed E-state index contributed by atoms with van der Waals surface area (Å²) in [4.78, 5) is 2.06. The number of hydrogen-bond donors (Lipinski definition) is 1. The maximum Gasteiger partial charge on any atom is 0.130 e. The van der Waals surface area contributed by atoms with Crippen molar-refractivity contribution in [1.29, 1.82) is 0 Å². The lowest BCUT2D eigenvalue weighted by Gasteiger charge is -2.26. The van der Waals surface area contributed by atoms with Gasteiger partial charge in [-0.2, -0.15) is 5.10 Å². The van der Waals surface area contributed by atoms with Crippen molar-refractivity contribution in [3.05, 3.63) is 51.2 Å². The first-order valence-corrected chi connectivity index (χ1v) is 7.84. The van der Waals surface area contributed by atoms with Crippen molar-refractivity contribution in [1.82, 2.24) is 14.7 Å². The van der Waals surface area contributed by atoms with E-state index in [1.165, 1.54) is 0 Å². The van der Waals surface area contributed by atoms with Crippen LogP contribution in [0.25, 0.3) is 0 Å². The third kappa shape index (κ3) is 3.66. The summed E-state index contributed by atoms with van der Waals surface area (Å²) < 4.78 is 2.68. The Morgan fingerprint density at radius 3 is 2.76 bits per heavy atom. The third-order valence-corrected chi connectivity index (χ3v) is 4.17. The number of nitrogens with zero attached hydrogens (tertiary/aromatic N) is 3. The Morgan fingerprint density at radius 2 is 2.14 bits per heavy atom. The average molecular weight is 373 g/mol. The summed E-state index contributed by atoms with van der Waals surface area (Å²) in [5.41, 5.74) is 0.179. The fraction of sp³-hybridized carbons (Fsp3) is 0.400. The summed E-state index contributed by atoms with van der Waals surface area (Å²) in [5, 5.41) is 15.8. The standard InChI is InChI=1S/C15H19BrClN3O/c1-15(21,11-5-4-6-12(16)9-11)14-13(17)10-18-20(14)8-7-19(2)3/h4-6,9-10,21H,7-8H2,1-3H3. The van der Waals surface area contributed by atoms with Gasteiger partial charge in [-0.25, -0.2) is 0 Å². The fourth-order valence-electron chi connectivity index (χ4n) is 2.24. The lowest BCUT2D eigenvalue weighted by molar-refractivity contribution is 0.0909. The Labute approximate surface area is 138 Å². The summed E-state index contributed by atoms with van der Waals surface area (Å²) >= 11 is 9.70. The molecular formula is C15H19BrClN3O. The molecule has 6 heteroatoms. The summed E-state index contributed by atoms with van der Waals surface area (Å²) in [7, 11) is 3.99. The van der Waals surface area contributed by atoms with Gasteiger partial charge in [0.25, 0.3) is 0 Å². The van der Waals surface area contributed by atoms with Crippen LogP contribution in [0, 0.1) is 0 Å². The van der Waals surface area contributed by atoms with Crippen molar-refractivity contribution < 1.29 is 5.11 Å². The molecule has 0 saturated heterocycles. The first-order chi connectivity index (χ1) is 9.82. The van der Waals surface area contributed by atoms with Crippen LogP contribution in [0.15, 0.2) is 34.9 Å². The zero-order valence-electron chi connectivity index (χ0n) is 12.3. The van der Waals surface area contributed by atoms with Gasteiger partial charge < -0.3 is 10.0 Å². The number of halogens is 2. The van der Waals surface area contributed by atoms with Crippen LogP contribution in [0.5, 0.6) is 0 Å². The van der Waals surface area contributed by atoms with Gasteiger partial charge in [-0.05, 0) is 38.7 Å². The van der Waals surface area contributed by atoms with Crippen LogP contribution in [0.3, 0.4) is 0 Å². The molecule has 1 aromatic heterocycles. The number of aromatic nitrogens is 2. The Bertz CT molecular complexity index is 625. The van der Waals surface area contributed by atoms with Crippen molar-refractivity contribution in [2.75, 3.05) is 20.6 Å². The lowest BCUT2D eigenvalue weighted by Crippen LogP contribution is -2.29. The predicted octanol–water partition coefficient (Wildman–Crippen LogP) is 3.12. The van der Waals surface area contributed by atoms with E-state index in [1.54, 1.807) is 17.8 Å². The Kier molecular flexibility index (Phi) is 5.09. The Hall–Kier alpha value is -0.880. The number of likely N-dealkylation sites (N-methyl/N-ethyl adjacent to an activating group) is 1. The molecule has 0 fully saturated rings. The molecule has 1 N–H and O–H groups in total.